The molecule has 0 radical (unpaired) electrons. The number of rotatable bonds is 3. The molecule has 0 fully saturated rings. The van der Waals surface area contributed by atoms with Crippen LogP contribution in [-0.4, -0.2) is 19.8 Å². The Kier molecular flexibility index (Phi) is 3.61. The average Bonchev–Trinajstić information content (AvgIpc) is 2.57. The number of halogens is 2. The molecular weight excluding hydrogens is 315 g/mol. The maximum absolute atomic E-state index is 13.6. The Morgan fingerprint density at radius 3 is 2.74 bits per heavy atom. The normalized spacial score (nSPS) is 10.7. The Balaban J connectivity index is 2.49. The van der Waals surface area contributed by atoms with Crippen molar-refractivity contribution in [3.8, 4) is 11.8 Å². The van der Waals surface area contributed by atoms with Gasteiger partial charge in [0.15, 0.2) is 5.88 Å². The van der Waals surface area contributed by atoms with E-state index in [0.29, 0.717) is 21.3 Å². The molecule has 0 unspecified atom stereocenters. The van der Waals surface area contributed by atoms with Crippen LogP contribution in [0.2, 0.25) is 0 Å². The molecule has 0 aromatic carbocycles. The SMILES string of the molecule is C=Cc1c(C)c(O)n(Cc2cc(Br)ncc2F)c1O. The average molecular weight is 327 g/mol. The van der Waals surface area contributed by atoms with Crippen molar-refractivity contribution in [1.82, 2.24) is 9.55 Å². The standard InChI is InChI=1S/C13H12BrFN2O2/c1-3-9-7(2)12(18)17(13(9)19)6-8-4-11(14)16-5-10(8)15/h3-5,18-19H,1,6H2,2H3. The summed E-state index contributed by atoms with van der Waals surface area (Å²) in [6, 6.07) is 1.50. The van der Waals surface area contributed by atoms with E-state index in [9.17, 15) is 14.6 Å². The number of hydrogen-bond donors (Lipinski definition) is 2. The Bertz CT molecular complexity index is 653. The zero-order valence-electron chi connectivity index (χ0n) is 10.2. The van der Waals surface area contributed by atoms with Crippen LogP contribution in [0.3, 0.4) is 0 Å². The summed E-state index contributed by atoms with van der Waals surface area (Å²) in [7, 11) is 0. The lowest BCUT2D eigenvalue weighted by molar-refractivity contribution is 0.374. The molecule has 0 bridgehead atoms. The first-order chi connectivity index (χ1) is 8.95. The lowest BCUT2D eigenvalue weighted by Gasteiger charge is -2.08. The van der Waals surface area contributed by atoms with Crippen LogP contribution in [0.5, 0.6) is 11.8 Å². The van der Waals surface area contributed by atoms with Gasteiger partial charge in [-0.25, -0.2) is 9.37 Å². The molecule has 0 saturated heterocycles. The van der Waals surface area contributed by atoms with Gasteiger partial charge in [-0.2, -0.15) is 0 Å². The topological polar surface area (TPSA) is 58.3 Å². The van der Waals surface area contributed by atoms with Crippen molar-refractivity contribution in [2.24, 2.45) is 0 Å². The van der Waals surface area contributed by atoms with Gasteiger partial charge in [-0.3, -0.25) is 4.57 Å². The third-order valence-electron chi connectivity index (χ3n) is 2.93. The molecule has 0 aliphatic rings. The third kappa shape index (κ3) is 2.35. The van der Waals surface area contributed by atoms with Crippen LogP contribution in [0, 0.1) is 12.7 Å². The van der Waals surface area contributed by atoms with Gasteiger partial charge in [0.2, 0.25) is 5.88 Å². The Hall–Kier alpha value is -1.82. The minimum Gasteiger partial charge on any atom is -0.494 e. The number of pyridine rings is 1. The third-order valence-corrected chi connectivity index (χ3v) is 3.36. The van der Waals surface area contributed by atoms with Gasteiger partial charge in [-0.1, -0.05) is 12.7 Å². The number of aromatic nitrogens is 2. The predicted molar refractivity (Wildman–Crippen MR) is 73.6 cm³/mol. The van der Waals surface area contributed by atoms with Crippen LogP contribution < -0.4 is 0 Å². The quantitative estimate of drug-likeness (QED) is 0.851. The molecule has 2 aromatic heterocycles. The van der Waals surface area contributed by atoms with Crippen molar-refractivity contribution < 1.29 is 14.6 Å². The maximum Gasteiger partial charge on any atom is 0.201 e. The zero-order chi connectivity index (χ0) is 14.2. The fourth-order valence-corrected chi connectivity index (χ4v) is 2.25. The summed E-state index contributed by atoms with van der Waals surface area (Å²) in [6.45, 7) is 5.22. The molecule has 2 N–H and O–H groups in total. The zero-order valence-corrected chi connectivity index (χ0v) is 11.8. The van der Waals surface area contributed by atoms with Crippen molar-refractivity contribution in [3.63, 3.8) is 0 Å². The van der Waals surface area contributed by atoms with Crippen LogP contribution in [0.15, 0.2) is 23.4 Å². The van der Waals surface area contributed by atoms with Crippen molar-refractivity contribution in [2.75, 3.05) is 0 Å². The lowest BCUT2D eigenvalue weighted by Crippen LogP contribution is -2.02. The van der Waals surface area contributed by atoms with Crippen molar-refractivity contribution in [1.29, 1.82) is 0 Å². The van der Waals surface area contributed by atoms with Gasteiger partial charge in [-0.05, 0) is 28.9 Å². The fraction of sp³-hybridized carbons (Fsp3) is 0.154. The molecule has 2 rings (SSSR count). The van der Waals surface area contributed by atoms with E-state index in [4.69, 9.17) is 0 Å². The van der Waals surface area contributed by atoms with Gasteiger partial charge in [0, 0.05) is 16.7 Å². The molecule has 6 heteroatoms. The van der Waals surface area contributed by atoms with E-state index in [1.807, 2.05) is 0 Å². The van der Waals surface area contributed by atoms with E-state index in [2.05, 4.69) is 27.5 Å². The summed E-state index contributed by atoms with van der Waals surface area (Å²) in [6.07, 6.45) is 2.53. The minimum absolute atomic E-state index is 0.000694. The first kappa shape index (κ1) is 13.6. The van der Waals surface area contributed by atoms with Gasteiger partial charge < -0.3 is 10.2 Å². The molecule has 0 saturated carbocycles. The van der Waals surface area contributed by atoms with Crippen LogP contribution in [0.4, 0.5) is 4.39 Å². The van der Waals surface area contributed by atoms with E-state index < -0.39 is 5.82 Å². The first-order valence-electron chi connectivity index (χ1n) is 5.49. The van der Waals surface area contributed by atoms with Crippen LogP contribution in [0.25, 0.3) is 6.08 Å². The first-order valence-corrected chi connectivity index (χ1v) is 6.28. The monoisotopic (exact) mass is 326 g/mol. The molecule has 19 heavy (non-hydrogen) atoms. The van der Waals surface area contributed by atoms with Crippen molar-refractivity contribution in [3.05, 3.63) is 46.0 Å². The highest BCUT2D eigenvalue weighted by Crippen LogP contribution is 2.34. The smallest absolute Gasteiger partial charge is 0.201 e. The number of aromatic hydroxyl groups is 2. The highest BCUT2D eigenvalue weighted by molar-refractivity contribution is 9.10. The molecule has 0 spiro atoms. The molecule has 0 aliphatic carbocycles. The maximum atomic E-state index is 13.6. The van der Waals surface area contributed by atoms with E-state index in [1.165, 1.54) is 16.7 Å². The highest BCUT2D eigenvalue weighted by Gasteiger charge is 2.18. The second-order valence-corrected chi connectivity index (χ2v) is 4.89. The minimum atomic E-state index is -0.506. The van der Waals surface area contributed by atoms with E-state index >= 15 is 0 Å². The lowest BCUT2D eigenvalue weighted by atomic mass is 10.2. The summed E-state index contributed by atoms with van der Waals surface area (Å²) in [5.41, 5.74) is 1.24. The van der Waals surface area contributed by atoms with Crippen LogP contribution in [0.1, 0.15) is 16.7 Å². The summed E-state index contributed by atoms with van der Waals surface area (Å²) in [4.78, 5) is 3.76. The van der Waals surface area contributed by atoms with Crippen molar-refractivity contribution in [2.45, 2.75) is 13.5 Å². The molecule has 2 aromatic rings. The molecule has 0 amide bonds. The number of nitrogens with zero attached hydrogens (tertiary/aromatic N) is 2. The molecule has 100 valence electrons. The second kappa shape index (κ2) is 5.05. The highest BCUT2D eigenvalue weighted by atomic mass is 79.9. The van der Waals surface area contributed by atoms with Crippen LogP contribution >= 0.6 is 15.9 Å². The van der Waals surface area contributed by atoms with Gasteiger partial charge in [0.05, 0.1) is 12.7 Å². The van der Waals surface area contributed by atoms with Crippen molar-refractivity contribution >= 4 is 22.0 Å². The largest absolute Gasteiger partial charge is 0.494 e. The van der Waals surface area contributed by atoms with Gasteiger partial charge in [-0.15, -0.1) is 0 Å². The summed E-state index contributed by atoms with van der Waals surface area (Å²) in [5.74, 6) is -0.759. The molecule has 4 nitrogen and oxygen atoms in total. The predicted octanol–water partition coefficient (Wildman–Crippen LogP) is 3.20. The van der Waals surface area contributed by atoms with E-state index in [0.717, 1.165) is 6.20 Å². The molecule has 2 heterocycles. The van der Waals surface area contributed by atoms with Crippen LogP contribution in [-0.2, 0) is 6.54 Å². The molecular formula is C13H12BrFN2O2. The number of hydrogen-bond acceptors (Lipinski definition) is 3. The summed E-state index contributed by atoms with van der Waals surface area (Å²) >= 11 is 3.15. The Morgan fingerprint density at radius 2 is 2.16 bits per heavy atom. The summed E-state index contributed by atoms with van der Waals surface area (Å²) in [5, 5.41) is 20.0. The van der Waals surface area contributed by atoms with Gasteiger partial charge >= 0.3 is 0 Å². The molecule has 0 atom stereocenters. The Labute approximate surface area is 118 Å². The second-order valence-electron chi connectivity index (χ2n) is 4.07. The Morgan fingerprint density at radius 1 is 1.47 bits per heavy atom. The van der Waals surface area contributed by atoms with Gasteiger partial charge in [0.1, 0.15) is 10.4 Å². The van der Waals surface area contributed by atoms with E-state index in [1.54, 1.807) is 6.92 Å². The van der Waals surface area contributed by atoms with E-state index in [-0.39, 0.29) is 18.3 Å². The molecule has 0 aliphatic heterocycles. The summed E-state index contributed by atoms with van der Waals surface area (Å²) < 4.78 is 15.3. The fourth-order valence-electron chi connectivity index (χ4n) is 1.87. The van der Waals surface area contributed by atoms with Gasteiger partial charge in [0.25, 0.3) is 0 Å².